The smallest absolute Gasteiger partial charge is 0.237 e. The van der Waals surface area contributed by atoms with Crippen molar-refractivity contribution in [3.05, 3.63) is 42.0 Å². The fourth-order valence-corrected chi connectivity index (χ4v) is 2.30. The number of aromatic nitrogens is 1. The molecule has 0 spiro atoms. The lowest BCUT2D eigenvalue weighted by atomic mass is 10.2. The predicted octanol–water partition coefficient (Wildman–Crippen LogP) is 3.13. The molecule has 0 radical (unpaired) electrons. The monoisotopic (exact) mass is 246 g/mol. The van der Waals surface area contributed by atoms with Gasteiger partial charge in [-0.2, -0.15) is 0 Å². The second kappa shape index (κ2) is 5.10. The molecule has 88 valence electrons. The van der Waals surface area contributed by atoms with E-state index in [1.54, 1.807) is 18.9 Å². The lowest BCUT2D eigenvalue weighted by Crippen LogP contribution is -1.95. The van der Waals surface area contributed by atoms with E-state index >= 15 is 0 Å². The number of ether oxygens (including phenoxy) is 1. The molecule has 0 unspecified atom stereocenters. The van der Waals surface area contributed by atoms with Crippen LogP contribution in [0.4, 0.5) is 5.69 Å². The molecule has 2 N–H and O–H groups in total. The first-order chi connectivity index (χ1) is 8.20. The maximum atomic E-state index is 5.73. The maximum absolute atomic E-state index is 5.73. The van der Waals surface area contributed by atoms with Crippen molar-refractivity contribution in [2.24, 2.45) is 0 Å². The normalized spacial score (nSPS) is 10.2. The highest BCUT2D eigenvalue weighted by molar-refractivity contribution is 7.99. The van der Waals surface area contributed by atoms with Crippen molar-refractivity contribution in [3.8, 4) is 5.88 Å². The maximum Gasteiger partial charge on any atom is 0.237 e. The summed E-state index contributed by atoms with van der Waals surface area (Å²) in [6.07, 6.45) is 0. The van der Waals surface area contributed by atoms with Crippen LogP contribution in [0.3, 0.4) is 0 Å². The molecule has 17 heavy (non-hydrogen) atoms. The highest BCUT2D eigenvalue weighted by Crippen LogP contribution is 2.31. The number of nitrogen functional groups attached to an aromatic ring is 1. The van der Waals surface area contributed by atoms with Crippen LogP contribution in [-0.4, -0.2) is 12.1 Å². The van der Waals surface area contributed by atoms with Gasteiger partial charge in [0, 0.05) is 4.90 Å². The molecule has 2 rings (SSSR count). The molecule has 2 aromatic rings. The number of hydrogen-bond acceptors (Lipinski definition) is 4. The van der Waals surface area contributed by atoms with E-state index < -0.39 is 0 Å². The van der Waals surface area contributed by atoms with Crippen molar-refractivity contribution in [2.45, 2.75) is 16.8 Å². The van der Waals surface area contributed by atoms with Gasteiger partial charge in [-0.05, 0) is 30.7 Å². The quantitative estimate of drug-likeness (QED) is 0.904. The minimum atomic E-state index is 0.476. The second-order valence-electron chi connectivity index (χ2n) is 3.62. The Morgan fingerprint density at radius 3 is 2.65 bits per heavy atom. The van der Waals surface area contributed by atoms with Gasteiger partial charge in [-0.1, -0.05) is 30.0 Å². The van der Waals surface area contributed by atoms with Crippen molar-refractivity contribution >= 4 is 17.4 Å². The minimum absolute atomic E-state index is 0.476. The number of hydrogen-bond donors (Lipinski definition) is 1. The molecule has 4 heteroatoms. The van der Waals surface area contributed by atoms with Gasteiger partial charge >= 0.3 is 0 Å². The van der Waals surface area contributed by atoms with E-state index in [9.17, 15) is 0 Å². The van der Waals surface area contributed by atoms with Crippen LogP contribution in [0.25, 0.3) is 0 Å². The van der Waals surface area contributed by atoms with Gasteiger partial charge in [0.05, 0.1) is 12.8 Å². The zero-order chi connectivity index (χ0) is 12.3. The van der Waals surface area contributed by atoms with Gasteiger partial charge in [0.15, 0.2) is 0 Å². The molecule has 0 saturated carbocycles. The van der Waals surface area contributed by atoms with E-state index in [4.69, 9.17) is 10.5 Å². The Bertz CT molecular complexity index is 529. The fraction of sp³-hybridized carbons (Fsp3) is 0.154. The van der Waals surface area contributed by atoms with Crippen LogP contribution in [0.15, 0.2) is 46.3 Å². The summed E-state index contributed by atoms with van der Waals surface area (Å²) in [4.78, 5) is 5.53. The van der Waals surface area contributed by atoms with Crippen LogP contribution in [0, 0.1) is 6.92 Å². The third-order valence-corrected chi connectivity index (χ3v) is 3.48. The van der Waals surface area contributed by atoms with Gasteiger partial charge < -0.3 is 10.5 Å². The first-order valence-corrected chi connectivity index (χ1v) is 6.06. The molecule has 1 aromatic heterocycles. The van der Waals surface area contributed by atoms with Crippen LogP contribution < -0.4 is 10.5 Å². The molecule has 0 bridgehead atoms. The molecule has 0 atom stereocenters. The molecule has 0 fully saturated rings. The molecule has 1 aromatic carbocycles. The molecule has 0 saturated heterocycles. The van der Waals surface area contributed by atoms with E-state index in [0.717, 1.165) is 5.03 Å². The highest BCUT2D eigenvalue weighted by atomic mass is 32.2. The van der Waals surface area contributed by atoms with E-state index in [2.05, 4.69) is 24.0 Å². The first kappa shape index (κ1) is 11.8. The first-order valence-electron chi connectivity index (χ1n) is 5.24. The lowest BCUT2D eigenvalue weighted by Gasteiger charge is -2.07. The van der Waals surface area contributed by atoms with E-state index in [0.29, 0.717) is 11.6 Å². The predicted molar refractivity (Wildman–Crippen MR) is 70.5 cm³/mol. The van der Waals surface area contributed by atoms with Crippen LogP contribution in [0.5, 0.6) is 5.88 Å². The van der Waals surface area contributed by atoms with Crippen molar-refractivity contribution in [3.63, 3.8) is 0 Å². The second-order valence-corrected chi connectivity index (χ2v) is 4.68. The summed E-state index contributed by atoms with van der Waals surface area (Å²) in [6, 6.07) is 11.9. The van der Waals surface area contributed by atoms with E-state index in [1.807, 2.05) is 24.3 Å². The minimum Gasteiger partial charge on any atom is -0.480 e. The van der Waals surface area contributed by atoms with Crippen molar-refractivity contribution < 1.29 is 4.74 Å². The number of benzene rings is 1. The molecule has 0 aliphatic carbocycles. The van der Waals surface area contributed by atoms with E-state index in [1.165, 1.54) is 10.5 Å². The summed E-state index contributed by atoms with van der Waals surface area (Å²) in [7, 11) is 1.57. The van der Waals surface area contributed by atoms with Gasteiger partial charge in [-0.15, -0.1) is 0 Å². The van der Waals surface area contributed by atoms with Gasteiger partial charge in [0.1, 0.15) is 5.03 Å². The lowest BCUT2D eigenvalue weighted by molar-refractivity contribution is 0.397. The number of methoxy groups -OCH3 is 1. The topological polar surface area (TPSA) is 48.1 Å². The molecule has 1 heterocycles. The summed E-state index contributed by atoms with van der Waals surface area (Å²) in [5.74, 6) is 0.476. The number of aryl methyl sites for hydroxylation is 1. The molecular weight excluding hydrogens is 232 g/mol. The number of anilines is 1. The number of nitrogens with zero attached hydrogens (tertiary/aromatic N) is 1. The average Bonchev–Trinajstić information content (AvgIpc) is 2.34. The van der Waals surface area contributed by atoms with Crippen molar-refractivity contribution in [1.82, 2.24) is 4.98 Å². The van der Waals surface area contributed by atoms with Crippen LogP contribution >= 0.6 is 11.8 Å². The van der Waals surface area contributed by atoms with Gasteiger partial charge in [0.25, 0.3) is 0 Å². The molecule has 0 amide bonds. The number of rotatable bonds is 3. The summed E-state index contributed by atoms with van der Waals surface area (Å²) in [5, 5.41) is 0.880. The van der Waals surface area contributed by atoms with Crippen molar-refractivity contribution in [1.29, 1.82) is 0 Å². The van der Waals surface area contributed by atoms with Crippen LogP contribution in [-0.2, 0) is 0 Å². The highest BCUT2D eigenvalue weighted by Gasteiger charge is 2.05. The molecular formula is C13H14N2OS. The Balaban J connectivity index is 2.28. The SMILES string of the molecule is COc1nc(Sc2ccccc2C)ccc1N. The Morgan fingerprint density at radius 2 is 1.94 bits per heavy atom. The Labute approximate surface area is 105 Å². The number of nitrogens with two attached hydrogens (primary N) is 1. The van der Waals surface area contributed by atoms with Gasteiger partial charge in [0.2, 0.25) is 5.88 Å². The standard InChI is InChI=1S/C13H14N2OS/c1-9-5-3-4-6-11(9)17-12-8-7-10(14)13(15-12)16-2/h3-8H,14H2,1-2H3. The molecule has 0 aliphatic rings. The zero-order valence-corrected chi connectivity index (χ0v) is 10.6. The number of pyridine rings is 1. The van der Waals surface area contributed by atoms with E-state index in [-0.39, 0.29) is 0 Å². The summed E-state index contributed by atoms with van der Waals surface area (Å²) in [6.45, 7) is 2.08. The Hall–Kier alpha value is -1.68. The average molecular weight is 246 g/mol. The third-order valence-electron chi connectivity index (χ3n) is 2.37. The fourth-order valence-electron chi connectivity index (χ4n) is 1.44. The third kappa shape index (κ3) is 2.71. The summed E-state index contributed by atoms with van der Waals surface area (Å²) < 4.78 is 5.10. The Morgan fingerprint density at radius 1 is 1.18 bits per heavy atom. The Kier molecular flexibility index (Phi) is 3.54. The van der Waals surface area contributed by atoms with Crippen LogP contribution in [0.1, 0.15) is 5.56 Å². The van der Waals surface area contributed by atoms with Crippen molar-refractivity contribution in [2.75, 3.05) is 12.8 Å². The van der Waals surface area contributed by atoms with Gasteiger partial charge in [-0.3, -0.25) is 0 Å². The largest absolute Gasteiger partial charge is 0.480 e. The van der Waals surface area contributed by atoms with Crippen LogP contribution in [0.2, 0.25) is 0 Å². The molecule has 3 nitrogen and oxygen atoms in total. The summed E-state index contributed by atoms with van der Waals surface area (Å²) in [5.41, 5.74) is 7.52. The summed E-state index contributed by atoms with van der Waals surface area (Å²) >= 11 is 1.61. The zero-order valence-electron chi connectivity index (χ0n) is 9.81. The van der Waals surface area contributed by atoms with Gasteiger partial charge in [-0.25, -0.2) is 4.98 Å². The molecule has 0 aliphatic heterocycles.